The van der Waals surface area contributed by atoms with Crippen molar-refractivity contribution < 1.29 is 0 Å². The first kappa shape index (κ1) is 15.2. The predicted molar refractivity (Wildman–Crippen MR) is 97.8 cm³/mol. The summed E-state index contributed by atoms with van der Waals surface area (Å²) < 4.78 is 0. The zero-order valence-electron chi connectivity index (χ0n) is 14.0. The van der Waals surface area contributed by atoms with Crippen molar-refractivity contribution >= 4 is 22.1 Å². The van der Waals surface area contributed by atoms with Gasteiger partial charge < -0.3 is 0 Å². The van der Waals surface area contributed by atoms with Gasteiger partial charge in [-0.15, -0.1) is 11.3 Å². The molecule has 0 N–H and O–H groups in total. The second-order valence-electron chi connectivity index (χ2n) is 7.26. The molecule has 0 bridgehead atoms. The van der Waals surface area contributed by atoms with Crippen LogP contribution in [0.15, 0.2) is 42.6 Å². The van der Waals surface area contributed by atoms with Gasteiger partial charge in [0.15, 0.2) is 0 Å². The third-order valence-corrected chi connectivity index (χ3v) is 5.43. The third-order valence-electron chi connectivity index (χ3n) is 3.96. The van der Waals surface area contributed by atoms with Gasteiger partial charge >= 0.3 is 0 Å². The first-order valence-electron chi connectivity index (χ1n) is 7.85. The van der Waals surface area contributed by atoms with E-state index in [1.54, 1.807) is 11.3 Å². The molecule has 2 heteroatoms. The number of aromatic nitrogens is 1. The number of rotatable bonds is 2. The summed E-state index contributed by atoms with van der Waals surface area (Å²) in [6, 6.07) is 13.5. The maximum absolute atomic E-state index is 4.60. The standard InChI is InChI=1S/C20H23NS/c1-13(2)14-6-7-16-11-17(9-8-15(16)10-14)18-12-21-19(22-18)20(3,4)5/h6-13H,1-5H3. The van der Waals surface area contributed by atoms with E-state index in [4.69, 9.17) is 0 Å². The molecular weight excluding hydrogens is 286 g/mol. The molecule has 114 valence electrons. The molecule has 0 amide bonds. The number of nitrogens with zero attached hydrogens (tertiary/aromatic N) is 1. The lowest BCUT2D eigenvalue weighted by molar-refractivity contribution is 0.585. The molecule has 0 aliphatic heterocycles. The van der Waals surface area contributed by atoms with Crippen LogP contribution in [0.25, 0.3) is 21.2 Å². The molecule has 0 atom stereocenters. The molecule has 1 heterocycles. The molecule has 1 nitrogen and oxygen atoms in total. The van der Waals surface area contributed by atoms with Crippen LogP contribution in [-0.4, -0.2) is 4.98 Å². The Morgan fingerprint density at radius 1 is 0.955 bits per heavy atom. The highest BCUT2D eigenvalue weighted by Gasteiger charge is 2.18. The van der Waals surface area contributed by atoms with Crippen LogP contribution in [-0.2, 0) is 5.41 Å². The zero-order valence-corrected chi connectivity index (χ0v) is 14.8. The minimum atomic E-state index is 0.117. The molecule has 0 fully saturated rings. The highest BCUT2D eigenvalue weighted by Crippen LogP contribution is 2.34. The number of thiazole rings is 1. The molecule has 0 unspecified atom stereocenters. The van der Waals surface area contributed by atoms with Gasteiger partial charge in [0.05, 0.1) is 9.88 Å². The van der Waals surface area contributed by atoms with Gasteiger partial charge in [0.1, 0.15) is 0 Å². The molecule has 2 aromatic carbocycles. The van der Waals surface area contributed by atoms with Crippen LogP contribution in [0.3, 0.4) is 0 Å². The van der Waals surface area contributed by atoms with Crippen molar-refractivity contribution in [2.45, 2.75) is 46.0 Å². The predicted octanol–water partition coefficient (Wildman–Crippen LogP) is 6.38. The van der Waals surface area contributed by atoms with E-state index >= 15 is 0 Å². The lowest BCUT2D eigenvalue weighted by Crippen LogP contribution is -2.09. The number of fused-ring (bicyclic) bond motifs is 1. The summed E-state index contributed by atoms with van der Waals surface area (Å²) in [5, 5.41) is 3.81. The summed E-state index contributed by atoms with van der Waals surface area (Å²) in [4.78, 5) is 5.85. The van der Waals surface area contributed by atoms with E-state index in [9.17, 15) is 0 Å². The van der Waals surface area contributed by atoms with Crippen molar-refractivity contribution in [3.8, 4) is 10.4 Å². The highest BCUT2D eigenvalue weighted by molar-refractivity contribution is 7.15. The smallest absolute Gasteiger partial charge is 0.0984 e. The second kappa shape index (κ2) is 5.51. The Morgan fingerprint density at radius 2 is 1.64 bits per heavy atom. The van der Waals surface area contributed by atoms with Gasteiger partial charge in [0.2, 0.25) is 0 Å². The van der Waals surface area contributed by atoms with Gasteiger partial charge in [-0.05, 0) is 33.9 Å². The van der Waals surface area contributed by atoms with Crippen LogP contribution in [0.2, 0.25) is 0 Å². The Hall–Kier alpha value is -1.67. The lowest BCUT2D eigenvalue weighted by atomic mass is 9.98. The van der Waals surface area contributed by atoms with E-state index in [1.165, 1.54) is 31.8 Å². The van der Waals surface area contributed by atoms with Crippen molar-refractivity contribution in [2.24, 2.45) is 0 Å². The maximum atomic E-state index is 4.60. The molecule has 0 aliphatic carbocycles. The van der Waals surface area contributed by atoms with E-state index in [1.807, 2.05) is 6.20 Å². The van der Waals surface area contributed by atoms with Crippen molar-refractivity contribution in [2.75, 3.05) is 0 Å². The van der Waals surface area contributed by atoms with Crippen LogP contribution in [0.1, 0.15) is 51.1 Å². The Labute approximate surface area is 137 Å². The Morgan fingerprint density at radius 3 is 2.27 bits per heavy atom. The van der Waals surface area contributed by atoms with Gasteiger partial charge in [-0.25, -0.2) is 4.98 Å². The maximum Gasteiger partial charge on any atom is 0.0984 e. The van der Waals surface area contributed by atoms with Crippen LogP contribution in [0, 0.1) is 0 Å². The first-order chi connectivity index (χ1) is 10.3. The van der Waals surface area contributed by atoms with Crippen LogP contribution in [0.5, 0.6) is 0 Å². The fourth-order valence-electron chi connectivity index (χ4n) is 2.53. The minimum Gasteiger partial charge on any atom is -0.248 e. The lowest BCUT2D eigenvalue weighted by Gasteiger charge is -2.13. The van der Waals surface area contributed by atoms with Gasteiger partial charge in [-0.3, -0.25) is 0 Å². The van der Waals surface area contributed by atoms with Crippen molar-refractivity contribution in [3.63, 3.8) is 0 Å². The summed E-state index contributed by atoms with van der Waals surface area (Å²) >= 11 is 1.80. The van der Waals surface area contributed by atoms with E-state index < -0.39 is 0 Å². The van der Waals surface area contributed by atoms with Crippen LogP contribution in [0.4, 0.5) is 0 Å². The topological polar surface area (TPSA) is 12.9 Å². The number of hydrogen-bond acceptors (Lipinski definition) is 2. The average molecular weight is 309 g/mol. The van der Waals surface area contributed by atoms with Crippen molar-refractivity contribution in [3.05, 3.63) is 53.2 Å². The molecule has 0 saturated carbocycles. The summed E-state index contributed by atoms with van der Waals surface area (Å²) in [6.45, 7) is 11.1. The Bertz CT molecular complexity index is 806. The molecule has 0 aliphatic rings. The fourth-order valence-corrected chi connectivity index (χ4v) is 3.50. The van der Waals surface area contributed by atoms with E-state index in [2.05, 4.69) is 76.0 Å². The van der Waals surface area contributed by atoms with E-state index in [0.717, 1.165) is 0 Å². The Kier molecular flexibility index (Phi) is 3.82. The SMILES string of the molecule is CC(C)c1ccc2cc(-c3cnc(C(C)(C)C)s3)ccc2c1. The zero-order chi connectivity index (χ0) is 15.9. The van der Waals surface area contributed by atoms with Gasteiger partial charge in [0.25, 0.3) is 0 Å². The molecule has 0 spiro atoms. The fraction of sp³-hybridized carbons (Fsp3) is 0.350. The quantitative estimate of drug-likeness (QED) is 0.535. The highest BCUT2D eigenvalue weighted by atomic mass is 32.1. The summed E-state index contributed by atoms with van der Waals surface area (Å²) in [5.41, 5.74) is 2.78. The van der Waals surface area contributed by atoms with E-state index in [0.29, 0.717) is 5.92 Å². The first-order valence-corrected chi connectivity index (χ1v) is 8.66. The van der Waals surface area contributed by atoms with Gasteiger partial charge in [-0.1, -0.05) is 65.0 Å². The molecule has 0 radical (unpaired) electrons. The third kappa shape index (κ3) is 2.93. The summed E-state index contributed by atoms with van der Waals surface area (Å²) in [5.74, 6) is 0.569. The van der Waals surface area contributed by atoms with Crippen LogP contribution < -0.4 is 0 Å². The van der Waals surface area contributed by atoms with Crippen molar-refractivity contribution in [1.82, 2.24) is 4.98 Å². The van der Waals surface area contributed by atoms with Crippen LogP contribution >= 0.6 is 11.3 Å². The summed E-state index contributed by atoms with van der Waals surface area (Å²) in [6.07, 6.45) is 2.01. The van der Waals surface area contributed by atoms with Gasteiger partial charge in [-0.2, -0.15) is 0 Å². The molecule has 22 heavy (non-hydrogen) atoms. The normalized spacial score (nSPS) is 12.3. The average Bonchev–Trinajstić information content (AvgIpc) is 2.96. The molecule has 3 aromatic rings. The second-order valence-corrected chi connectivity index (χ2v) is 8.29. The molecule has 0 saturated heterocycles. The monoisotopic (exact) mass is 309 g/mol. The minimum absolute atomic E-state index is 0.117. The number of hydrogen-bond donors (Lipinski definition) is 0. The molecule has 3 rings (SSSR count). The molecular formula is C20H23NS. The van der Waals surface area contributed by atoms with Gasteiger partial charge in [0, 0.05) is 11.6 Å². The van der Waals surface area contributed by atoms with E-state index in [-0.39, 0.29) is 5.41 Å². The largest absolute Gasteiger partial charge is 0.248 e. The van der Waals surface area contributed by atoms with Crippen molar-refractivity contribution in [1.29, 1.82) is 0 Å². The Balaban J connectivity index is 2.02. The summed E-state index contributed by atoms with van der Waals surface area (Å²) in [7, 11) is 0. The molecule has 1 aromatic heterocycles. The number of benzene rings is 2.